The molecule has 3 rings (SSSR count). The molecule has 0 bridgehead atoms. The molecule has 0 saturated heterocycles. The second-order valence-electron chi connectivity index (χ2n) is 6.99. The monoisotopic (exact) mass is 413 g/mol. The predicted molar refractivity (Wildman–Crippen MR) is 118 cm³/mol. The average molecular weight is 414 g/mol. The van der Waals surface area contributed by atoms with E-state index < -0.39 is 0 Å². The Kier molecular flexibility index (Phi) is 6.69. The van der Waals surface area contributed by atoms with Crippen molar-refractivity contribution in [1.82, 2.24) is 14.5 Å². The minimum absolute atomic E-state index is 0.0194. The van der Waals surface area contributed by atoms with E-state index in [9.17, 15) is 9.59 Å². The first-order valence-corrected chi connectivity index (χ1v) is 10.8. The number of benzene rings is 1. The maximum Gasteiger partial charge on any atom is 0.263 e. The number of hydrogen-bond acceptors (Lipinski definition) is 5. The molecule has 0 N–H and O–H groups in total. The molecule has 0 aliphatic heterocycles. The van der Waals surface area contributed by atoms with Crippen molar-refractivity contribution in [2.45, 2.75) is 40.2 Å². The van der Waals surface area contributed by atoms with E-state index in [4.69, 9.17) is 4.74 Å². The van der Waals surface area contributed by atoms with Crippen LogP contribution in [-0.4, -0.2) is 40.6 Å². The van der Waals surface area contributed by atoms with Crippen LogP contribution in [-0.2, 0) is 11.3 Å². The van der Waals surface area contributed by atoms with Gasteiger partial charge in [-0.25, -0.2) is 4.98 Å². The van der Waals surface area contributed by atoms with E-state index in [1.165, 1.54) is 15.9 Å². The Balaban J connectivity index is 2.02. The van der Waals surface area contributed by atoms with Gasteiger partial charge in [-0.1, -0.05) is 26.0 Å². The standard InChI is InChI=1S/C22H27N3O3S/c1-5-11-24(12-6-2)19(26)13-25-15(3)23-21-20(22(25)27)18(14-29-21)16-7-9-17(28-4)10-8-16/h7-10,14H,5-6,11-13H2,1-4H3. The molecule has 0 fully saturated rings. The zero-order chi connectivity index (χ0) is 21.0. The molecule has 7 heteroatoms. The van der Waals surface area contributed by atoms with Crippen molar-refractivity contribution in [3.63, 3.8) is 0 Å². The summed E-state index contributed by atoms with van der Waals surface area (Å²) in [5.41, 5.74) is 1.60. The fraction of sp³-hybridized carbons (Fsp3) is 0.409. The Morgan fingerprint density at radius 2 is 1.83 bits per heavy atom. The van der Waals surface area contributed by atoms with Gasteiger partial charge in [-0.3, -0.25) is 14.2 Å². The number of fused-ring (bicyclic) bond motifs is 1. The highest BCUT2D eigenvalue weighted by Crippen LogP contribution is 2.32. The SMILES string of the molecule is CCCN(CCC)C(=O)Cn1c(C)nc2scc(-c3ccc(OC)cc3)c2c1=O. The molecule has 154 valence electrons. The molecule has 29 heavy (non-hydrogen) atoms. The van der Waals surface area contributed by atoms with E-state index >= 15 is 0 Å². The van der Waals surface area contributed by atoms with Crippen LogP contribution in [0.25, 0.3) is 21.3 Å². The topological polar surface area (TPSA) is 64.4 Å². The van der Waals surface area contributed by atoms with Gasteiger partial charge in [0.15, 0.2) is 0 Å². The number of carbonyl (C=O) groups excluding carboxylic acids is 1. The molecule has 3 aromatic rings. The lowest BCUT2D eigenvalue weighted by atomic mass is 10.1. The van der Waals surface area contributed by atoms with Crippen LogP contribution in [0.2, 0.25) is 0 Å². The number of aromatic nitrogens is 2. The molecule has 0 aliphatic rings. The third-order valence-electron chi connectivity index (χ3n) is 4.92. The van der Waals surface area contributed by atoms with Gasteiger partial charge in [0.1, 0.15) is 22.9 Å². The number of methoxy groups -OCH3 is 1. The van der Waals surface area contributed by atoms with Gasteiger partial charge in [-0.2, -0.15) is 0 Å². The Bertz CT molecular complexity index is 1050. The summed E-state index contributed by atoms with van der Waals surface area (Å²) in [5.74, 6) is 1.28. The van der Waals surface area contributed by atoms with E-state index in [-0.39, 0.29) is 18.0 Å². The van der Waals surface area contributed by atoms with Crippen LogP contribution < -0.4 is 10.3 Å². The van der Waals surface area contributed by atoms with Gasteiger partial charge >= 0.3 is 0 Å². The van der Waals surface area contributed by atoms with Crippen molar-refractivity contribution in [3.8, 4) is 16.9 Å². The van der Waals surface area contributed by atoms with Crippen LogP contribution in [0.1, 0.15) is 32.5 Å². The lowest BCUT2D eigenvalue weighted by Crippen LogP contribution is -2.38. The third-order valence-corrected chi connectivity index (χ3v) is 5.79. The molecule has 0 radical (unpaired) electrons. The first-order valence-electron chi connectivity index (χ1n) is 9.90. The summed E-state index contributed by atoms with van der Waals surface area (Å²) in [7, 11) is 1.62. The Labute approximate surface area is 174 Å². The lowest BCUT2D eigenvalue weighted by Gasteiger charge is -2.22. The van der Waals surface area contributed by atoms with Crippen LogP contribution in [0, 0.1) is 6.92 Å². The Morgan fingerprint density at radius 3 is 2.41 bits per heavy atom. The molecule has 1 amide bonds. The Hall–Kier alpha value is -2.67. The normalized spacial score (nSPS) is 11.0. The van der Waals surface area contributed by atoms with Gasteiger partial charge in [0, 0.05) is 24.0 Å². The molecule has 1 aromatic carbocycles. The quantitative estimate of drug-likeness (QED) is 0.558. The largest absolute Gasteiger partial charge is 0.497 e. The van der Waals surface area contributed by atoms with Crippen molar-refractivity contribution in [3.05, 3.63) is 45.8 Å². The van der Waals surface area contributed by atoms with Gasteiger partial charge in [0.05, 0.1) is 12.5 Å². The number of thiophene rings is 1. The lowest BCUT2D eigenvalue weighted by molar-refractivity contribution is -0.132. The van der Waals surface area contributed by atoms with Gasteiger partial charge < -0.3 is 9.64 Å². The first kappa shape index (κ1) is 21.0. The molecule has 0 spiro atoms. The summed E-state index contributed by atoms with van der Waals surface area (Å²) >= 11 is 1.45. The molecule has 0 unspecified atom stereocenters. The fourth-order valence-corrected chi connectivity index (χ4v) is 4.41. The number of ether oxygens (including phenoxy) is 1. The van der Waals surface area contributed by atoms with E-state index in [0.29, 0.717) is 29.1 Å². The van der Waals surface area contributed by atoms with Crippen LogP contribution in [0.4, 0.5) is 0 Å². The van der Waals surface area contributed by atoms with Gasteiger partial charge in [0.2, 0.25) is 5.91 Å². The van der Waals surface area contributed by atoms with Crippen LogP contribution in [0.5, 0.6) is 5.75 Å². The minimum Gasteiger partial charge on any atom is -0.497 e. The van der Waals surface area contributed by atoms with Gasteiger partial charge in [-0.05, 0) is 37.5 Å². The highest BCUT2D eigenvalue weighted by Gasteiger charge is 2.19. The molecule has 0 saturated carbocycles. The highest BCUT2D eigenvalue weighted by molar-refractivity contribution is 7.17. The number of carbonyl (C=O) groups is 1. The number of amides is 1. The van der Waals surface area contributed by atoms with Crippen LogP contribution in [0.3, 0.4) is 0 Å². The summed E-state index contributed by atoms with van der Waals surface area (Å²) < 4.78 is 6.72. The van der Waals surface area contributed by atoms with Crippen molar-refractivity contribution in [2.75, 3.05) is 20.2 Å². The molecular formula is C22H27N3O3S. The summed E-state index contributed by atoms with van der Waals surface area (Å²) in [6.45, 7) is 7.30. The second-order valence-corrected chi connectivity index (χ2v) is 7.85. The molecule has 0 aliphatic carbocycles. The van der Waals surface area contributed by atoms with Gasteiger partial charge in [-0.15, -0.1) is 11.3 Å². The third kappa shape index (κ3) is 4.34. The second kappa shape index (κ2) is 9.22. The van der Waals surface area contributed by atoms with Crippen molar-refractivity contribution in [1.29, 1.82) is 0 Å². The molecule has 6 nitrogen and oxygen atoms in total. The summed E-state index contributed by atoms with van der Waals surface area (Å²) in [4.78, 5) is 33.3. The molecular weight excluding hydrogens is 386 g/mol. The zero-order valence-electron chi connectivity index (χ0n) is 17.4. The van der Waals surface area contributed by atoms with Crippen molar-refractivity contribution < 1.29 is 9.53 Å². The highest BCUT2D eigenvalue weighted by atomic mass is 32.1. The fourth-order valence-electron chi connectivity index (χ4n) is 3.43. The van der Waals surface area contributed by atoms with Crippen LogP contribution >= 0.6 is 11.3 Å². The zero-order valence-corrected chi connectivity index (χ0v) is 18.2. The summed E-state index contributed by atoms with van der Waals surface area (Å²) in [6, 6.07) is 7.60. The minimum atomic E-state index is -0.166. The van der Waals surface area contributed by atoms with Crippen molar-refractivity contribution >= 4 is 27.5 Å². The number of aryl methyl sites for hydroxylation is 1. The smallest absolute Gasteiger partial charge is 0.263 e. The maximum atomic E-state index is 13.3. The number of rotatable bonds is 8. The maximum absolute atomic E-state index is 13.3. The van der Waals surface area contributed by atoms with Crippen LogP contribution in [0.15, 0.2) is 34.4 Å². The summed E-state index contributed by atoms with van der Waals surface area (Å²) in [5, 5.41) is 2.52. The van der Waals surface area contributed by atoms with E-state index in [0.717, 1.165) is 29.7 Å². The Morgan fingerprint density at radius 1 is 1.17 bits per heavy atom. The van der Waals surface area contributed by atoms with Gasteiger partial charge in [0.25, 0.3) is 5.56 Å². The number of nitrogens with zero attached hydrogens (tertiary/aromatic N) is 3. The average Bonchev–Trinajstić information content (AvgIpc) is 3.14. The predicted octanol–water partition coefficient (Wildman–Crippen LogP) is 4.09. The van der Waals surface area contributed by atoms with E-state index in [1.54, 1.807) is 14.0 Å². The molecule has 0 atom stereocenters. The number of hydrogen-bond donors (Lipinski definition) is 0. The van der Waals surface area contributed by atoms with Crippen molar-refractivity contribution in [2.24, 2.45) is 0 Å². The first-order chi connectivity index (χ1) is 14.0. The van der Waals surface area contributed by atoms with E-state index in [1.807, 2.05) is 48.4 Å². The van der Waals surface area contributed by atoms with E-state index in [2.05, 4.69) is 4.98 Å². The summed E-state index contributed by atoms with van der Waals surface area (Å²) in [6.07, 6.45) is 1.78. The molecule has 2 heterocycles. The molecule has 2 aromatic heterocycles.